The van der Waals surface area contributed by atoms with Gasteiger partial charge in [0.2, 0.25) is 5.43 Å². The van der Waals surface area contributed by atoms with Crippen molar-refractivity contribution in [2.24, 2.45) is 5.92 Å². The number of hydrogen-bond acceptors (Lipinski definition) is 7. The summed E-state index contributed by atoms with van der Waals surface area (Å²) in [4.78, 5) is 37.4. The van der Waals surface area contributed by atoms with E-state index in [-0.39, 0.29) is 48.7 Å². The van der Waals surface area contributed by atoms with Gasteiger partial charge in [-0.15, -0.1) is 0 Å². The lowest BCUT2D eigenvalue weighted by atomic mass is 9.91. The molecule has 2 aliphatic heterocycles. The summed E-state index contributed by atoms with van der Waals surface area (Å²) >= 11 is 0. The van der Waals surface area contributed by atoms with Crippen molar-refractivity contribution < 1.29 is 37.7 Å². The van der Waals surface area contributed by atoms with E-state index in [1.165, 1.54) is 9.47 Å². The highest BCUT2D eigenvalue weighted by molar-refractivity contribution is 5.86. The zero-order chi connectivity index (χ0) is 26.4. The Hall–Kier alpha value is -3.41. The standard InChI is InChI=1S/C24H29F2N3O7/c1-5-28-10-16(35-22(32)33)20(30)14-8-15(25)19(17(26)18(14)28)29-9-13-6-7-34-24(13,12-29)11-27-21(31)36-23(2,3)4/h8,10,13H,5-7,9,11-12H2,1-4H3,(H,27,31)(H,32,33). The summed E-state index contributed by atoms with van der Waals surface area (Å²) in [7, 11) is 0. The van der Waals surface area contributed by atoms with E-state index in [9.17, 15) is 14.4 Å². The molecule has 2 atom stereocenters. The van der Waals surface area contributed by atoms with Crippen molar-refractivity contribution in [1.82, 2.24) is 9.88 Å². The summed E-state index contributed by atoms with van der Waals surface area (Å²) in [6.07, 6.45) is -0.573. The number of halogens is 2. The Morgan fingerprint density at radius 1 is 1.33 bits per heavy atom. The van der Waals surface area contributed by atoms with Crippen molar-refractivity contribution in [2.75, 3.05) is 31.1 Å². The summed E-state index contributed by atoms with van der Waals surface area (Å²) < 4.78 is 48.3. The second-order valence-electron chi connectivity index (χ2n) is 10.0. The van der Waals surface area contributed by atoms with Gasteiger partial charge in [0, 0.05) is 32.2 Å². The molecule has 2 fully saturated rings. The monoisotopic (exact) mass is 509 g/mol. The van der Waals surface area contributed by atoms with E-state index in [1.807, 2.05) is 0 Å². The first kappa shape index (κ1) is 25.7. The molecule has 0 aliphatic carbocycles. The summed E-state index contributed by atoms with van der Waals surface area (Å²) in [6, 6.07) is 0.900. The second kappa shape index (κ2) is 9.23. The van der Waals surface area contributed by atoms with Crippen LogP contribution in [-0.4, -0.2) is 59.4 Å². The molecule has 36 heavy (non-hydrogen) atoms. The molecule has 1 aromatic carbocycles. The van der Waals surface area contributed by atoms with Gasteiger partial charge in [0.25, 0.3) is 0 Å². The zero-order valence-corrected chi connectivity index (χ0v) is 20.5. The van der Waals surface area contributed by atoms with Gasteiger partial charge in [0.1, 0.15) is 22.7 Å². The molecule has 0 radical (unpaired) electrons. The number of amides is 1. The number of fused-ring (bicyclic) bond motifs is 2. The van der Waals surface area contributed by atoms with Gasteiger partial charge < -0.3 is 34.1 Å². The van der Waals surface area contributed by atoms with E-state index in [2.05, 4.69) is 10.1 Å². The number of alkyl carbamates (subject to hydrolysis) is 1. The van der Waals surface area contributed by atoms with E-state index in [1.54, 1.807) is 27.7 Å². The predicted molar refractivity (Wildman–Crippen MR) is 126 cm³/mol. The van der Waals surface area contributed by atoms with Crippen LogP contribution in [0.4, 0.5) is 24.1 Å². The van der Waals surface area contributed by atoms with E-state index < -0.39 is 46.3 Å². The van der Waals surface area contributed by atoms with Crippen LogP contribution in [0.1, 0.15) is 34.1 Å². The molecule has 10 nitrogen and oxygen atoms in total. The zero-order valence-electron chi connectivity index (χ0n) is 20.5. The van der Waals surface area contributed by atoms with Crippen molar-refractivity contribution in [3.63, 3.8) is 0 Å². The van der Waals surface area contributed by atoms with Gasteiger partial charge in [0.05, 0.1) is 23.6 Å². The lowest BCUT2D eigenvalue weighted by Crippen LogP contribution is -2.49. The molecule has 0 bridgehead atoms. The van der Waals surface area contributed by atoms with Crippen LogP contribution >= 0.6 is 0 Å². The third-order valence-corrected chi connectivity index (χ3v) is 6.48. The van der Waals surface area contributed by atoms with Gasteiger partial charge in [-0.3, -0.25) is 4.79 Å². The van der Waals surface area contributed by atoms with Crippen molar-refractivity contribution in [2.45, 2.75) is 51.9 Å². The third kappa shape index (κ3) is 4.69. The number of benzene rings is 1. The Morgan fingerprint density at radius 3 is 2.69 bits per heavy atom. The molecule has 2 aliphatic rings. The number of pyridine rings is 1. The van der Waals surface area contributed by atoms with Crippen LogP contribution in [0, 0.1) is 17.6 Å². The molecule has 12 heteroatoms. The normalized spacial score (nSPS) is 21.5. The molecule has 0 saturated carbocycles. The first-order chi connectivity index (χ1) is 16.8. The van der Waals surface area contributed by atoms with Crippen molar-refractivity contribution in [3.05, 3.63) is 34.1 Å². The average Bonchev–Trinajstić information content (AvgIpc) is 3.30. The van der Waals surface area contributed by atoms with Crippen LogP contribution in [0.2, 0.25) is 0 Å². The highest BCUT2D eigenvalue weighted by Gasteiger charge is 2.52. The molecule has 2 unspecified atom stereocenters. The number of hydrogen-bond donors (Lipinski definition) is 2. The van der Waals surface area contributed by atoms with Crippen LogP contribution in [0.15, 0.2) is 17.1 Å². The molecular weight excluding hydrogens is 480 g/mol. The van der Waals surface area contributed by atoms with Gasteiger partial charge in [0.15, 0.2) is 11.6 Å². The fourth-order valence-electron chi connectivity index (χ4n) is 4.99. The van der Waals surface area contributed by atoms with Gasteiger partial charge in [-0.1, -0.05) is 0 Å². The number of anilines is 1. The van der Waals surface area contributed by atoms with Crippen LogP contribution in [0.25, 0.3) is 10.9 Å². The quantitative estimate of drug-likeness (QED) is 0.588. The molecule has 2 saturated heterocycles. The van der Waals surface area contributed by atoms with Gasteiger partial charge in [-0.25, -0.2) is 18.4 Å². The van der Waals surface area contributed by atoms with E-state index in [0.29, 0.717) is 13.0 Å². The minimum Gasteiger partial charge on any atom is -0.449 e. The second-order valence-corrected chi connectivity index (χ2v) is 10.0. The maximum Gasteiger partial charge on any atom is 0.511 e. The Bertz CT molecular complexity index is 1270. The van der Waals surface area contributed by atoms with Crippen LogP contribution < -0.4 is 20.4 Å². The first-order valence-electron chi connectivity index (χ1n) is 11.7. The lowest BCUT2D eigenvalue weighted by molar-refractivity contribution is -0.000290. The number of aryl methyl sites for hydroxylation is 1. The van der Waals surface area contributed by atoms with Crippen LogP contribution in [0.3, 0.4) is 0 Å². The molecule has 3 heterocycles. The molecule has 2 aromatic rings. The molecule has 1 aromatic heterocycles. The predicted octanol–water partition coefficient (Wildman–Crippen LogP) is 3.48. The summed E-state index contributed by atoms with van der Waals surface area (Å²) in [5, 5.41) is 11.3. The Balaban J connectivity index is 1.69. The van der Waals surface area contributed by atoms with E-state index >= 15 is 8.78 Å². The average molecular weight is 510 g/mol. The highest BCUT2D eigenvalue weighted by Crippen LogP contribution is 2.43. The molecule has 4 rings (SSSR count). The maximum absolute atomic E-state index is 15.9. The van der Waals surface area contributed by atoms with E-state index in [4.69, 9.17) is 14.6 Å². The molecule has 196 valence electrons. The number of ether oxygens (including phenoxy) is 3. The number of rotatable bonds is 5. The largest absolute Gasteiger partial charge is 0.511 e. The molecular formula is C24H29F2N3O7. The fraction of sp³-hybridized carbons (Fsp3) is 0.542. The minimum absolute atomic E-state index is 0.0957. The Labute approximate surface area is 205 Å². The molecule has 0 spiro atoms. The van der Waals surface area contributed by atoms with Crippen molar-refractivity contribution >= 4 is 28.8 Å². The van der Waals surface area contributed by atoms with Crippen LogP contribution in [0.5, 0.6) is 5.75 Å². The third-order valence-electron chi connectivity index (χ3n) is 6.48. The molecule has 2 N–H and O–H groups in total. The van der Waals surface area contributed by atoms with Gasteiger partial charge in [-0.05, 0) is 40.2 Å². The van der Waals surface area contributed by atoms with Crippen molar-refractivity contribution in [1.29, 1.82) is 0 Å². The SMILES string of the molecule is CCn1cc(OC(=O)O)c(=O)c2cc(F)c(N3CC4CCOC4(CNC(=O)OC(C)(C)C)C3)c(F)c21. The van der Waals surface area contributed by atoms with Crippen LogP contribution in [-0.2, 0) is 16.0 Å². The Morgan fingerprint density at radius 2 is 2.06 bits per heavy atom. The lowest BCUT2D eigenvalue weighted by Gasteiger charge is -2.30. The topological polar surface area (TPSA) is 119 Å². The number of carboxylic acid groups (broad SMARTS) is 1. The van der Waals surface area contributed by atoms with Crippen molar-refractivity contribution in [3.8, 4) is 5.75 Å². The number of carbonyl (C=O) groups excluding carboxylic acids is 1. The highest BCUT2D eigenvalue weighted by atomic mass is 19.1. The van der Waals surface area contributed by atoms with E-state index in [0.717, 1.165) is 12.3 Å². The summed E-state index contributed by atoms with van der Waals surface area (Å²) in [6.45, 7) is 8.04. The first-order valence-corrected chi connectivity index (χ1v) is 11.7. The summed E-state index contributed by atoms with van der Waals surface area (Å²) in [5.74, 6) is -2.55. The minimum atomic E-state index is -1.71. The van der Waals surface area contributed by atoms with Gasteiger partial charge >= 0.3 is 12.2 Å². The maximum atomic E-state index is 15.9. The summed E-state index contributed by atoms with van der Waals surface area (Å²) in [5.41, 5.74) is -2.93. The number of carbonyl (C=O) groups is 2. The number of nitrogens with zero attached hydrogens (tertiary/aromatic N) is 2. The Kier molecular flexibility index (Phi) is 6.58. The smallest absolute Gasteiger partial charge is 0.449 e. The fourth-order valence-corrected chi connectivity index (χ4v) is 4.99. The number of nitrogens with one attached hydrogen (secondary N) is 1. The number of aromatic nitrogens is 1. The van der Waals surface area contributed by atoms with Gasteiger partial charge in [-0.2, -0.15) is 0 Å². The molecule has 1 amide bonds.